The molecule has 1 heterocycles. The molecule has 7 heteroatoms. The molecule has 0 radical (unpaired) electrons. The van der Waals surface area contributed by atoms with Crippen molar-refractivity contribution in [3.05, 3.63) is 0 Å². The monoisotopic (exact) mass is 370 g/mol. The van der Waals surface area contributed by atoms with E-state index in [0.717, 1.165) is 19.5 Å². The molecule has 1 fully saturated rings. The lowest BCUT2D eigenvalue weighted by Gasteiger charge is -2.43. The number of hydrogen-bond acceptors (Lipinski definition) is 5. The van der Waals surface area contributed by atoms with Crippen molar-refractivity contribution < 1.29 is 14.3 Å². The maximum Gasteiger partial charge on any atom is 0.249 e. The van der Waals surface area contributed by atoms with Crippen LogP contribution in [0.1, 0.15) is 40.5 Å². The largest absolute Gasteiger partial charge is 0.375 e. The summed E-state index contributed by atoms with van der Waals surface area (Å²) in [5, 5.41) is 2.85. The molecule has 0 aliphatic carbocycles. The molecular weight excluding hydrogens is 332 g/mol. The van der Waals surface area contributed by atoms with Gasteiger partial charge in [-0.2, -0.15) is 0 Å². The first-order valence-corrected chi connectivity index (χ1v) is 9.80. The number of carbonyl (C=O) groups excluding carboxylic acids is 2. The molecule has 0 bridgehead atoms. The van der Waals surface area contributed by atoms with Crippen molar-refractivity contribution >= 4 is 11.8 Å². The fourth-order valence-corrected chi connectivity index (χ4v) is 3.66. The molecule has 0 aromatic heterocycles. The van der Waals surface area contributed by atoms with Crippen LogP contribution < -0.4 is 11.1 Å². The maximum atomic E-state index is 12.7. The van der Waals surface area contributed by atoms with Gasteiger partial charge in [-0.05, 0) is 24.7 Å². The van der Waals surface area contributed by atoms with E-state index in [4.69, 9.17) is 10.5 Å². The second-order valence-electron chi connectivity index (χ2n) is 8.04. The lowest BCUT2D eigenvalue weighted by molar-refractivity contribution is -0.146. The Labute approximate surface area is 158 Å². The average molecular weight is 371 g/mol. The van der Waals surface area contributed by atoms with Crippen LogP contribution in [-0.2, 0) is 14.3 Å². The smallest absolute Gasteiger partial charge is 0.249 e. The number of likely N-dealkylation sites (tertiary alicyclic amines) is 1. The Morgan fingerprint density at radius 3 is 2.35 bits per heavy atom. The number of methoxy groups -OCH3 is 1. The zero-order chi connectivity index (χ0) is 19.7. The Morgan fingerprint density at radius 2 is 1.85 bits per heavy atom. The van der Waals surface area contributed by atoms with Crippen molar-refractivity contribution in [2.45, 2.75) is 52.6 Å². The van der Waals surface area contributed by atoms with Gasteiger partial charge in [-0.25, -0.2) is 0 Å². The first-order valence-electron chi connectivity index (χ1n) is 9.80. The van der Waals surface area contributed by atoms with Gasteiger partial charge in [0.2, 0.25) is 11.8 Å². The van der Waals surface area contributed by atoms with Gasteiger partial charge in [-0.15, -0.1) is 0 Å². The van der Waals surface area contributed by atoms with Crippen molar-refractivity contribution in [3.63, 3.8) is 0 Å². The van der Waals surface area contributed by atoms with Gasteiger partial charge in [-0.1, -0.05) is 27.7 Å². The highest BCUT2D eigenvalue weighted by atomic mass is 16.5. The molecule has 2 amide bonds. The van der Waals surface area contributed by atoms with Crippen molar-refractivity contribution in [3.8, 4) is 0 Å². The molecule has 2 atom stereocenters. The minimum atomic E-state index is -0.454. The minimum absolute atomic E-state index is 0.00698. The summed E-state index contributed by atoms with van der Waals surface area (Å²) < 4.78 is 4.99. The number of piperidine rings is 1. The number of nitrogens with two attached hydrogens (primary N) is 1. The van der Waals surface area contributed by atoms with Gasteiger partial charge in [0.1, 0.15) is 12.6 Å². The van der Waals surface area contributed by atoms with Crippen LogP contribution in [0.5, 0.6) is 0 Å². The van der Waals surface area contributed by atoms with E-state index in [1.807, 2.05) is 0 Å². The first kappa shape index (κ1) is 22.9. The second kappa shape index (κ2) is 11.5. The average Bonchev–Trinajstić information content (AvgIpc) is 2.58. The number of hydrogen-bond donors (Lipinski definition) is 2. The maximum absolute atomic E-state index is 12.7. The number of carbonyl (C=O) groups is 2. The lowest BCUT2D eigenvalue weighted by Crippen LogP contribution is -2.58. The van der Waals surface area contributed by atoms with Crippen LogP contribution in [0.4, 0.5) is 0 Å². The van der Waals surface area contributed by atoms with Gasteiger partial charge in [0, 0.05) is 45.9 Å². The standard InChI is InChI=1S/C19H38N4O3/c1-14(2)11-22(12-15(3)4)16-6-9-23(18(24)13-26-5)17(10-16)19(25)21-8-7-20/h14-17H,6-13,20H2,1-5H3,(H,21,25)/t16?,17-/m1/s1. The van der Waals surface area contributed by atoms with Crippen LogP contribution >= 0.6 is 0 Å². The van der Waals surface area contributed by atoms with Crippen LogP contribution in [0.2, 0.25) is 0 Å². The molecule has 0 saturated carbocycles. The summed E-state index contributed by atoms with van der Waals surface area (Å²) in [5.41, 5.74) is 5.51. The number of nitrogens with one attached hydrogen (secondary N) is 1. The highest BCUT2D eigenvalue weighted by Gasteiger charge is 2.38. The van der Waals surface area contributed by atoms with E-state index in [1.54, 1.807) is 4.90 Å². The molecule has 26 heavy (non-hydrogen) atoms. The van der Waals surface area contributed by atoms with E-state index in [-0.39, 0.29) is 18.4 Å². The Balaban J connectivity index is 2.92. The van der Waals surface area contributed by atoms with Crippen molar-refractivity contribution in [2.24, 2.45) is 17.6 Å². The van der Waals surface area contributed by atoms with Gasteiger partial charge in [0.15, 0.2) is 0 Å². The third-order valence-electron chi connectivity index (χ3n) is 4.62. The van der Waals surface area contributed by atoms with Crippen LogP contribution in [-0.4, -0.2) is 80.1 Å². The summed E-state index contributed by atoms with van der Waals surface area (Å²) in [7, 11) is 1.50. The van der Waals surface area contributed by atoms with Crippen molar-refractivity contribution in [1.82, 2.24) is 15.1 Å². The summed E-state index contributed by atoms with van der Waals surface area (Å²) >= 11 is 0. The van der Waals surface area contributed by atoms with Gasteiger partial charge >= 0.3 is 0 Å². The van der Waals surface area contributed by atoms with Gasteiger partial charge in [-0.3, -0.25) is 14.5 Å². The first-order chi connectivity index (χ1) is 12.3. The number of ether oxygens (including phenoxy) is 1. The molecule has 0 spiro atoms. The lowest BCUT2D eigenvalue weighted by atomic mass is 9.93. The van der Waals surface area contributed by atoms with Gasteiger partial charge in [0.05, 0.1) is 0 Å². The molecule has 1 saturated heterocycles. The van der Waals surface area contributed by atoms with Crippen LogP contribution in [0.25, 0.3) is 0 Å². The van der Waals surface area contributed by atoms with E-state index in [0.29, 0.717) is 43.9 Å². The molecular formula is C19H38N4O3. The number of rotatable bonds is 10. The molecule has 1 rings (SSSR count). The second-order valence-corrected chi connectivity index (χ2v) is 8.04. The molecule has 1 unspecified atom stereocenters. The van der Waals surface area contributed by atoms with Crippen LogP contribution in [0.15, 0.2) is 0 Å². The predicted molar refractivity (Wildman–Crippen MR) is 104 cm³/mol. The molecule has 0 aromatic rings. The minimum Gasteiger partial charge on any atom is -0.375 e. The summed E-state index contributed by atoms with van der Waals surface area (Å²) in [4.78, 5) is 29.2. The fraction of sp³-hybridized carbons (Fsp3) is 0.895. The summed E-state index contributed by atoms with van der Waals surface area (Å²) in [6.07, 6.45) is 1.54. The quantitative estimate of drug-likeness (QED) is 0.590. The Morgan fingerprint density at radius 1 is 1.23 bits per heavy atom. The SMILES string of the molecule is COCC(=O)N1CCC(N(CC(C)C)CC(C)C)C[C@@H]1C(=O)NCCN. The highest BCUT2D eigenvalue weighted by Crippen LogP contribution is 2.24. The van der Waals surface area contributed by atoms with E-state index in [2.05, 4.69) is 37.9 Å². The molecule has 0 aromatic carbocycles. The van der Waals surface area contributed by atoms with Crippen LogP contribution in [0, 0.1) is 11.8 Å². The Bertz CT molecular complexity index is 433. The Hall–Kier alpha value is -1.18. The molecule has 1 aliphatic rings. The normalized spacial score (nSPS) is 20.9. The van der Waals surface area contributed by atoms with E-state index < -0.39 is 6.04 Å². The van der Waals surface area contributed by atoms with Gasteiger partial charge in [0.25, 0.3) is 0 Å². The van der Waals surface area contributed by atoms with Crippen molar-refractivity contribution in [1.29, 1.82) is 0 Å². The predicted octanol–water partition coefficient (Wildman–Crippen LogP) is 0.681. The number of amides is 2. The van der Waals surface area contributed by atoms with E-state index in [1.165, 1.54) is 7.11 Å². The van der Waals surface area contributed by atoms with E-state index >= 15 is 0 Å². The summed E-state index contributed by atoms with van der Waals surface area (Å²) in [5.74, 6) is 0.884. The topological polar surface area (TPSA) is 87.9 Å². The highest BCUT2D eigenvalue weighted by molar-refractivity contribution is 5.88. The fourth-order valence-electron chi connectivity index (χ4n) is 3.66. The number of nitrogens with zero attached hydrogens (tertiary/aromatic N) is 2. The summed E-state index contributed by atoms with van der Waals surface area (Å²) in [6, 6.07) is -0.148. The summed E-state index contributed by atoms with van der Waals surface area (Å²) in [6.45, 7) is 12.3. The third-order valence-corrected chi connectivity index (χ3v) is 4.62. The van der Waals surface area contributed by atoms with Crippen molar-refractivity contribution in [2.75, 3.05) is 46.4 Å². The Kier molecular flexibility index (Phi) is 10.1. The van der Waals surface area contributed by atoms with E-state index in [9.17, 15) is 9.59 Å². The van der Waals surface area contributed by atoms with Gasteiger partial charge < -0.3 is 20.7 Å². The third kappa shape index (κ3) is 7.21. The molecule has 3 N–H and O–H groups in total. The molecule has 152 valence electrons. The molecule has 7 nitrogen and oxygen atoms in total. The zero-order valence-corrected chi connectivity index (χ0v) is 17.2. The molecule has 1 aliphatic heterocycles. The van der Waals surface area contributed by atoms with Crippen LogP contribution in [0.3, 0.4) is 0 Å². The zero-order valence-electron chi connectivity index (χ0n) is 17.2.